The van der Waals surface area contributed by atoms with Gasteiger partial charge in [0, 0.05) is 0 Å². The van der Waals surface area contributed by atoms with E-state index in [2.05, 4.69) is 43.3 Å². The maximum absolute atomic E-state index is 9.26. The van der Waals surface area contributed by atoms with Gasteiger partial charge in [0.1, 0.15) is 23.2 Å². The number of hydrogen-bond donors (Lipinski definition) is 0. The molecule has 3 rings (SSSR count). The van der Waals surface area contributed by atoms with Crippen LogP contribution in [0.2, 0.25) is 0 Å². The van der Waals surface area contributed by atoms with Crippen molar-refractivity contribution in [1.29, 1.82) is 0 Å². The molecule has 3 aromatic carbocycles. The smallest absolute Gasteiger partial charge is 0.112 e. The summed E-state index contributed by atoms with van der Waals surface area (Å²) in [6, 6.07) is 30.9. The first kappa shape index (κ1) is 17.0. The van der Waals surface area contributed by atoms with E-state index in [1.807, 2.05) is 54.6 Å². The summed E-state index contributed by atoms with van der Waals surface area (Å²) in [5.74, 6) is 0. The fourth-order valence-electron chi connectivity index (χ4n) is 3.10. The van der Waals surface area contributed by atoms with Gasteiger partial charge in [-0.2, -0.15) is 0 Å². The van der Waals surface area contributed by atoms with Crippen LogP contribution in [0.5, 0.6) is 0 Å². The Labute approximate surface area is 166 Å². The third-order valence-corrected chi connectivity index (χ3v) is 8.23. The highest BCUT2D eigenvalue weighted by Gasteiger charge is 2.44. The molecule has 0 radical (unpaired) electrons. The molecule has 0 aliphatic rings. The van der Waals surface area contributed by atoms with Crippen LogP contribution in [0.3, 0.4) is 0 Å². The van der Waals surface area contributed by atoms with E-state index in [-0.39, 0.29) is 17.0 Å². The fraction of sp³-hybridized carbons (Fsp3) is 0.217. The Morgan fingerprint density at radius 2 is 1.00 bits per heavy atom. The Hall–Kier alpha value is -1.43. The molecule has 0 fully saturated rings. The van der Waals surface area contributed by atoms with Crippen molar-refractivity contribution in [3.05, 3.63) is 91.0 Å². The van der Waals surface area contributed by atoms with Crippen molar-refractivity contribution in [2.24, 2.45) is 0 Å². The summed E-state index contributed by atoms with van der Waals surface area (Å²) in [7, 11) is -2.45. The molecule has 25 heavy (non-hydrogen) atoms. The lowest BCUT2D eigenvalue weighted by molar-refractivity contribution is -0.00000477. The van der Waals surface area contributed by atoms with Crippen LogP contribution in [0.25, 0.3) is 0 Å². The van der Waals surface area contributed by atoms with Crippen molar-refractivity contribution in [2.75, 3.05) is 6.11 Å². The van der Waals surface area contributed by atoms with Crippen molar-refractivity contribution in [3.8, 4) is 0 Å². The van der Waals surface area contributed by atoms with Gasteiger partial charge < -0.3 is 17.0 Å². The molecule has 0 aliphatic carbocycles. The first-order valence-corrected chi connectivity index (χ1v) is 10.5. The molecule has 0 amide bonds. The topological polar surface area (TPSA) is 0 Å². The lowest BCUT2D eigenvalue weighted by Crippen LogP contribution is -3.00. The average molecular weight is 415 g/mol. The molecular formula is C23H26BrP. The second-order valence-corrected chi connectivity index (χ2v) is 9.15. The lowest BCUT2D eigenvalue weighted by atomic mass is 10.3. The Morgan fingerprint density at radius 3 is 1.32 bits per heavy atom. The Bertz CT molecular complexity index is 711. The summed E-state index contributed by atoms with van der Waals surface area (Å²) in [5, 5.41) is 3.33. The van der Waals surface area contributed by atoms with Crippen LogP contribution in [0.15, 0.2) is 91.0 Å². The molecule has 0 saturated carbocycles. The zero-order chi connectivity index (χ0) is 18.5. The summed E-state index contributed by atoms with van der Waals surface area (Å²) < 4.78 is 18.5. The maximum atomic E-state index is 9.26. The Kier molecular flexibility index (Phi) is 6.73. The minimum absolute atomic E-state index is 0. The van der Waals surface area contributed by atoms with E-state index in [1.54, 1.807) is 0 Å². The van der Waals surface area contributed by atoms with Crippen LogP contribution >= 0.6 is 7.26 Å². The lowest BCUT2D eigenvalue weighted by Gasteiger charge is -2.27. The van der Waals surface area contributed by atoms with Gasteiger partial charge in [-0.25, -0.2) is 0 Å². The molecule has 0 N–H and O–H groups in total. The van der Waals surface area contributed by atoms with Crippen LogP contribution in [-0.4, -0.2) is 6.11 Å². The van der Waals surface area contributed by atoms with E-state index >= 15 is 0 Å². The van der Waals surface area contributed by atoms with E-state index in [0.29, 0.717) is 6.42 Å². The monoisotopic (exact) mass is 414 g/mol. The van der Waals surface area contributed by atoms with Gasteiger partial charge in [0.05, 0.1) is 8.86 Å². The minimum atomic E-state index is -2.45. The Morgan fingerprint density at radius 1 is 0.640 bits per heavy atom. The first-order valence-electron chi connectivity index (χ1n) is 9.69. The normalized spacial score (nSPS) is 12.7. The molecule has 0 atom stereocenters. The molecule has 0 bridgehead atoms. The largest absolute Gasteiger partial charge is 1.00 e. The molecule has 0 aliphatic heterocycles. The summed E-state index contributed by atoms with van der Waals surface area (Å²) in [4.78, 5) is 0. The van der Waals surface area contributed by atoms with Gasteiger partial charge in [0.15, 0.2) is 0 Å². The highest BCUT2D eigenvalue weighted by Crippen LogP contribution is 2.55. The van der Waals surface area contributed by atoms with E-state index in [9.17, 15) is 2.74 Å². The van der Waals surface area contributed by atoms with Crippen LogP contribution in [0.4, 0.5) is 0 Å². The van der Waals surface area contributed by atoms with Gasteiger partial charge in [-0.15, -0.1) is 0 Å². The second-order valence-electron chi connectivity index (χ2n) is 5.94. The summed E-state index contributed by atoms with van der Waals surface area (Å²) in [5.41, 5.74) is 0. The van der Waals surface area contributed by atoms with Crippen molar-refractivity contribution in [3.63, 3.8) is 0 Å². The quantitative estimate of drug-likeness (QED) is 0.519. The number of rotatable bonds is 7. The summed E-state index contributed by atoms with van der Waals surface area (Å²) in [6.45, 7) is 2.13. The average Bonchev–Trinajstić information content (AvgIpc) is 2.69. The molecule has 3 aromatic rings. The van der Waals surface area contributed by atoms with Crippen LogP contribution < -0.4 is 32.9 Å². The Balaban J connectivity index is 0.00000261. The second kappa shape index (κ2) is 9.90. The van der Waals surface area contributed by atoms with Crippen LogP contribution in [0, 0.1) is 0 Å². The number of hydrogen-bond acceptors (Lipinski definition) is 0. The van der Waals surface area contributed by atoms with E-state index < -0.39 is 13.4 Å². The third-order valence-electron chi connectivity index (χ3n) is 4.31. The number of benzene rings is 3. The highest BCUT2D eigenvalue weighted by atomic mass is 79.9. The van der Waals surface area contributed by atoms with Gasteiger partial charge in [-0.1, -0.05) is 74.4 Å². The van der Waals surface area contributed by atoms with Crippen molar-refractivity contribution >= 4 is 23.2 Å². The molecule has 2 heteroatoms. The van der Waals surface area contributed by atoms with Crippen molar-refractivity contribution < 1.29 is 19.7 Å². The predicted octanol–water partition coefficient (Wildman–Crippen LogP) is 2.17. The van der Waals surface area contributed by atoms with E-state index in [1.165, 1.54) is 0 Å². The molecule has 130 valence electrons. The third kappa shape index (κ3) is 4.40. The SMILES string of the molecule is [2H]C([2H])(CCCC)[P+](c1ccccc1)(c1ccccc1)c1ccccc1.[Br-]. The van der Waals surface area contributed by atoms with Gasteiger partial charge in [-0.3, -0.25) is 0 Å². The fourth-order valence-corrected chi connectivity index (χ4v) is 6.89. The zero-order valence-corrected chi connectivity index (χ0v) is 17.1. The van der Waals surface area contributed by atoms with Crippen LogP contribution in [0.1, 0.15) is 28.9 Å². The van der Waals surface area contributed by atoms with Gasteiger partial charge in [0.2, 0.25) is 0 Å². The summed E-state index contributed by atoms with van der Waals surface area (Å²) in [6.07, 6.45) is 1.14. The summed E-state index contributed by atoms with van der Waals surface area (Å²) >= 11 is 0. The molecule has 0 unspecified atom stereocenters. The zero-order valence-electron chi connectivity index (χ0n) is 16.6. The van der Waals surface area contributed by atoms with Gasteiger partial charge >= 0.3 is 0 Å². The van der Waals surface area contributed by atoms with Gasteiger partial charge in [0.25, 0.3) is 0 Å². The first-order chi connectivity index (χ1) is 12.6. The van der Waals surface area contributed by atoms with Crippen molar-refractivity contribution in [1.82, 2.24) is 0 Å². The molecule has 0 spiro atoms. The van der Waals surface area contributed by atoms with E-state index in [0.717, 1.165) is 28.8 Å². The number of halogens is 1. The molecule has 0 saturated heterocycles. The highest BCUT2D eigenvalue weighted by molar-refractivity contribution is 7.95. The number of unbranched alkanes of at least 4 members (excludes halogenated alkanes) is 1. The minimum Gasteiger partial charge on any atom is -1.00 e. The molecule has 0 heterocycles. The van der Waals surface area contributed by atoms with Gasteiger partial charge in [-0.05, 0) is 42.8 Å². The van der Waals surface area contributed by atoms with Crippen LogP contribution in [-0.2, 0) is 0 Å². The standard InChI is InChI=1S/C23H26P.BrH/c1-2-3-13-20-24(21-14-7-4-8-15-21,22-16-9-5-10-17-22)23-18-11-6-12-19-23;/h4-12,14-19H,2-3,13,20H2,1H3;1H/q+1;/p-1/i20D2;. The maximum Gasteiger partial charge on any atom is 0.112 e. The molecule has 0 nitrogen and oxygen atoms in total. The predicted molar refractivity (Wildman–Crippen MR) is 110 cm³/mol. The van der Waals surface area contributed by atoms with E-state index in [4.69, 9.17) is 0 Å². The van der Waals surface area contributed by atoms with Crippen molar-refractivity contribution in [2.45, 2.75) is 26.2 Å². The molecule has 0 aromatic heterocycles. The molecular weight excluding hydrogens is 387 g/mol.